The number of fused-ring (bicyclic) bond motifs is 2. The van der Waals surface area contributed by atoms with Gasteiger partial charge in [-0.1, -0.05) is 53.7 Å². The normalized spacial score (nSPS) is 29.3. The standard InChI is InChI=1S/C22H30O2S.2C2H6/c1-14(2)3-4-15-5-9-19(10-6-15)24-22(23)17-8-7-16-12-20-21(25-20)13-18(16)11-17;2*1-2/h5-6,9-10,14,16-18,20-21H,3-4,7-8,11-13H2,1-2H3;2*1-2H3. The summed E-state index contributed by atoms with van der Waals surface area (Å²) in [6.45, 7) is 12.5. The first-order valence-corrected chi connectivity index (χ1v) is 13.0. The first-order valence-electron chi connectivity index (χ1n) is 12.0. The summed E-state index contributed by atoms with van der Waals surface area (Å²) in [4.78, 5) is 12.6. The topological polar surface area (TPSA) is 26.3 Å². The molecule has 1 aliphatic heterocycles. The quantitative estimate of drug-likeness (QED) is 0.280. The highest BCUT2D eigenvalue weighted by Crippen LogP contribution is 2.57. The fraction of sp³-hybridized carbons (Fsp3) is 0.731. The van der Waals surface area contributed by atoms with E-state index in [2.05, 4.69) is 37.7 Å². The minimum absolute atomic E-state index is 0.000969. The predicted molar refractivity (Wildman–Crippen MR) is 127 cm³/mol. The molecule has 2 saturated carbocycles. The molecule has 3 heteroatoms. The van der Waals surface area contributed by atoms with Gasteiger partial charge in [-0.3, -0.25) is 4.79 Å². The maximum atomic E-state index is 12.6. The molecule has 3 fully saturated rings. The molecule has 5 atom stereocenters. The third-order valence-corrected chi connectivity index (χ3v) is 7.81. The lowest BCUT2D eigenvalue weighted by atomic mass is 9.67. The van der Waals surface area contributed by atoms with E-state index in [1.807, 2.05) is 39.8 Å². The molecule has 3 aliphatic rings. The number of hydrogen-bond donors (Lipinski definition) is 0. The van der Waals surface area contributed by atoms with E-state index < -0.39 is 0 Å². The van der Waals surface area contributed by atoms with Crippen LogP contribution in [0.4, 0.5) is 0 Å². The van der Waals surface area contributed by atoms with Gasteiger partial charge in [0, 0.05) is 10.5 Å². The van der Waals surface area contributed by atoms with Crippen molar-refractivity contribution in [1.29, 1.82) is 0 Å². The average Bonchev–Trinajstić information content (AvgIpc) is 3.52. The van der Waals surface area contributed by atoms with E-state index >= 15 is 0 Å². The highest BCUT2D eigenvalue weighted by molar-refractivity contribution is 8.07. The maximum absolute atomic E-state index is 12.6. The first-order chi connectivity index (χ1) is 14.1. The zero-order valence-corrected chi connectivity index (χ0v) is 20.3. The van der Waals surface area contributed by atoms with E-state index in [1.54, 1.807) is 0 Å². The minimum Gasteiger partial charge on any atom is -0.426 e. The minimum atomic E-state index is -0.000969. The van der Waals surface area contributed by atoms with Gasteiger partial charge >= 0.3 is 5.97 Å². The Balaban J connectivity index is 0.000000707. The van der Waals surface area contributed by atoms with Crippen molar-refractivity contribution in [1.82, 2.24) is 0 Å². The molecule has 0 amide bonds. The summed E-state index contributed by atoms with van der Waals surface area (Å²) >= 11 is 2.17. The second-order valence-corrected chi connectivity index (χ2v) is 10.2. The zero-order valence-electron chi connectivity index (χ0n) is 19.4. The molecule has 4 rings (SSSR count). The average molecular weight is 419 g/mol. The predicted octanol–water partition coefficient (Wildman–Crippen LogP) is 7.54. The van der Waals surface area contributed by atoms with Crippen LogP contribution < -0.4 is 4.74 Å². The Morgan fingerprint density at radius 1 is 0.966 bits per heavy atom. The lowest BCUT2D eigenvalue weighted by Gasteiger charge is -2.37. The van der Waals surface area contributed by atoms with Gasteiger partial charge in [0.2, 0.25) is 0 Å². The van der Waals surface area contributed by atoms with Crippen LogP contribution in [-0.2, 0) is 11.2 Å². The van der Waals surface area contributed by atoms with Crippen LogP contribution in [0, 0.1) is 23.7 Å². The number of aryl methyl sites for hydroxylation is 1. The van der Waals surface area contributed by atoms with Gasteiger partial charge < -0.3 is 4.74 Å². The van der Waals surface area contributed by atoms with E-state index in [1.165, 1.54) is 31.2 Å². The molecule has 164 valence electrons. The largest absolute Gasteiger partial charge is 0.426 e. The van der Waals surface area contributed by atoms with Gasteiger partial charge in [-0.15, -0.1) is 0 Å². The van der Waals surface area contributed by atoms with Gasteiger partial charge in [0.1, 0.15) is 5.75 Å². The highest BCUT2D eigenvalue weighted by Gasteiger charge is 2.49. The Morgan fingerprint density at radius 3 is 2.21 bits per heavy atom. The fourth-order valence-electron chi connectivity index (χ4n) is 4.71. The van der Waals surface area contributed by atoms with Crippen LogP contribution in [0.2, 0.25) is 0 Å². The summed E-state index contributed by atoms with van der Waals surface area (Å²) in [5.74, 6) is 3.18. The van der Waals surface area contributed by atoms with Gasteiger partial charge in [0.25, 0.3) is 0 Å². The summed E-state index contributed by atoms with van der Waals surface area (Å²) in [5.41, 5.74) is 1.33. The second-order valence-electron chi connectivity index (χ2n) is 8.71. The summed E-state index contributed by atoms with van der Waals surface area (Å²) in [7, 11) is 0. The molecular formula is C26H42O2S. The lowest BCUT2D eigenvalue weighted by Crippen LogP contribution is -2.35. The van der Waals surface area contributed by atoms with Crippen molar-refractivity contribution >= 4 is 17.7 Å². The van der Waals surface area contributed by atoms with E-state index in [9.17, 15) is 4.79 Å². The SMILES string of the molecule is CC.CC.CC(C)CCc1ccc(OC(=O)C2CCC3CC4SC4CC3C2)cc1. The van der Waals surface area contributed by atoms with E-state index in [0.717, 1.165) is 47.5 Å². The number of esters is 1. The van der Waals surface area contributed by atoms with E-state index in [0.29, 0.717) is 5.75 Å². The Hall–Kier alpha value is -0.960. The Labute approximate surface area is 183 Å². The second kappa shape index (κ2) is 12.0. The zero-order chi connectivity index (χ0) is 21.4. The van der Waals surface area contributed by atoms with Crippen molar-refractivity contribution in [3.63, 3.8) is 0 Å². The van der Waals surface area contributed by atoms with Gasteiger partial charge in [0.05, 0.1) is 5.92 Å². The van der Waals surface area contributed by atoms with Gasteiger partial charge in [-0.25, -0.2) is 0 Å². The molecule has 0 N–H and O–H groups in total. The van der Waals surface area contributed by atoms with Crippen molar-refractivity contribution in [2.75, 3.05) is 0 Å². The number of hydrogen-bond acceptors (Lipinski definition) is 3. The van der Waals surface area contributed by atoms with Crippen LogP contribution in [0.1, 0.15) is 85.6 Å². The molecule has 5 unspecified atom stereocenters. The van der Waals surface area contributed by atoms with E-state index in [4.69, 9.17) is 4.74 Å². The highest BCUT2D eigenvalue weighted by atomic mass is 32.2. The molecule has 1 heterocycles. The molecule has 29 heavy (non-hydrogen) atoms. The van der Waals surface area contributed by atoms with Crippen molar-refractivity contribution in [3.8, 4) is 5.75 Å². The fourth-order valence-corrected chi connectivity index (χ4v) is 6.01. The molecule has 1 saturated heterocycles. The molecule has 2 aliphatic carbocycles. The van der Waals surface area contributed by atoms with Crippen LogP contribution in [0.5, 0.6) is 5.75 Å². The summed E-state index contributed by atoms with van der Waals surface area (Å²) in [6.07, 6.45) is 8.34. The molecule has 1 aromatic rings. The summed E-state index contributed by atoms with van der Waals surface area (Å²) in [5, 5.41) is 1.87. The van der Waals surface area contributed by atoms with Gasteiger partial charge in [-0.2, -0.15) is 11.8 Å². The van der Waals surface area contributed by atoms with Crippen LogP contribution in [0.25, 0.3) is 0 Å². The van der Waals surface area contributed by atoms with Crippen molar-refractivity contribution < 1.29 is 9.53 Å². The number of carbonyl (C=O) groups excluding carboxylic acids is 1. The maximum Gasteiger partial charge on any atom is 0.314 e. The van der Waals surface area contributed by atoms with Gasteiger partial charge in [0.15, 0.2) is 0 Å². The third kappa shape index (κ3) is 7.05. The molecular weight excluding hydrogens is 376 g/mol. The smallest absolute Gasteiger partial charge is 0.314 e. The van der Waals surface area contributed by atoms with E-state index in [-0.39, 0.29) is 11.9 Å². The molecule has 1 aromatic carbocycles. The van der Waals surface area contributed by atoms with Crippen molar-refractivity contribution in [3.05, 3.63) is 29.8 Å². The van der Waals surface area contributed by atoms with Crippen LogP contribution >= 0.6 is 11.8 Å². The number of benzene rings is 1. The Morgan fingerprint density at radius 2 is 1.59 bits per heavy atom. The molecule has 0 spiro atoms. The Bertz CT molecular complexity index is 610. The van der Waals surface area contributed by atoms with Crippen LogP contribution in [0.15, 0.2) is 24.3 Å². The van der Waals surface area contributed by atoms with Crippen molar-refractivity contribution in [2.45, 2.75) is 97.0 Å². The third-order valence-electron chi connectivity index (χ3n) is 6.38. The number of ether oxygens (including phenoxy) is 1. The number of rotatable bonds is 5. The summed E-state index contributed by atoms with van der Waals surface area (Å²) in [6, 6.07) is 8.14. The van der Waals surface area contributed by atoms with Crippen molar-refractivity contribution in [2.24, 2.45) is 23.7 Å². The summed E-state index contributed by atoms with van der Waals surface area (Å²) < 4.78 is 5.71. The van der Waals surface area contributed by atoms with Crippen LogP contribution in [0.3, 0.4) is 0 Å². The number of carbonyl (C=O) groups is 1. The van der Waals surface area contributed by atoms with Gasteiger partial charge in [-0.05, 0) is 80.4 Å². The lowest BCUT2D eigenvalue weighted by molar-refractivity contribution is -0.141. The number of thioether (sulfide) groups is 1. The molecule has 0 aromatic heterocycles. The first kappa shape index (κ1) is 24.3. The van der Waals surface area contributed by atoms with Crippen LogP contribution in [-0.4, -0.2) is 16.5 Å². The Kier molecular flexibility index (Phi) is 10.1. The monoisotopic (exact) mass is 418 g/mol. The molecule has 0 bridgehead atoms. The molecule has 0 radical (unpaired) electrons. The molecule has 2 nitrogen and oxygen atoms in total.